The molecule has 3 heterocycles. The third-order valence-electron chi connectivity index (χ3n) is 5.45. The maximum absolute atomic E-state index is 13.1. The summed E-state index contributed by atoms with van der Waals surface area (Å²) in [5.41, 5.74) is 2.34. The van der Waals surface area contributed by atoms with Crippen molar-refractivity contribution in [1.82, 2.24) is 24.5 Å². The second-order valence-electron chi connectivity index (χ2n) is 7.54. The number of benzene rings is 2. The summed E-state index contributed by atoms with van der Waals surface area (Å²) in [6.07, 6.45) is 0. The van der Waals surface area contributed by atoms with Crippen molar-refractivity contribution in [3.63, 3.8) is 0 Å². The fourth-order valence-electron chi connectivity index (χ4n) is 3.79. The van der Waals surface area contributed by atoms with Gasteiger partial charge in [-0.25, -0.2) is 9.37 Å². The van der Waals surface area contributed by atoms with Crippen LogP contribution in [0.4, 0.5) is 10.1 Å². The van der Waals surface area contributed by atoms with E-state index in [4.69, 9.17) is 11.6 Å². The summed E-state index contributed by atoms with van der Waals surface area (Å²) in [5, 5.41) is 3.63. The van der Waals surface area contributed by atoms with E-state index in [0.717, 1.165) is 37.4 Å². The summed E-state index contributed by atoms with van der Waals surface area (Å²) >= 11 is 5.95. The Kier molecular flexibility index (Phi) is 5.17. The van der Waals surface area contributed by atoms with Crippen molar-refractivity contribution >= 4 is 23.1 Å². The van der Waals surface area contributed by atoms with Gasteiger partial charge in [0.05, 0.1) is 5.69 Å². The Morgan fingerprint density at radius 3 is 2.39 bits per heavy atom. The number of aromatic amines is 1. The molecule has 4 aromatic rings. The molecule has 0 radical (unpaired) electrons. The second kappa shape index (κ2) is 8.13. The van der Waals surface area contributed by atoms with E-state index in [9.17, 15) is 9.18 Å². The number of H-pyrrole nitrogens is 1. The lowest BCUT2D eigenvalue weighted by atomic mass is 10.2. The van der Waals surface area contributed by atoms with Gasteiger partial charge < -0.3 is 4.90 Å². The van der Waals surface area contributed by atoms with Crippen molar-refractivity contribution in [2.45, 2.75) is 6.54 Å². The van der Waals surface area contributed by atoms with Crippen molar-refractivity contribution in [3.05, 3.63) is 81.5 Å². The molecular formula is C22H20ClFN6O. The highest BCUT2D eigenvalue weighted by atomic mass is 35.5. The first-order chi connectivity index (χ1) is 15.0. The maximum atomic E-state index is 13.1. The fraction of sp³-hybridized carbons (Fsp3) is 0.227. The number of hydrogen-bond acceptors (Lipinski definition) is 5. The van der Waals surface area contributed by atoms with Crippen LogP contribution in [0.15, 0.2) is 59.4 Å². The zero-order valence-corrected chi connectivity index (χ0v) is 17.4. The maximum Gasteiger partial charge on any atom is 0.274 e. The summed E-state index contributed by atoms with van der Waals surface area (Å²) in [5.74, 6) is 0.677. The summed E-state index contributed by atoms with van der Waals surface area (Å²) in [7, 11) is 0. The third kappa shape index (κ3) is 4.17. The predicted octanol–water partition coefficient (Wildman–Crippen LogP) is 3.20. The highest BCUT2D eigenvalue weighted by molar-refractivity contribution is 6.30. The van der Waals surface area contributed by atoms with E-state index in [-0.39, 0.29) is 11.4 Å². The van der Waals surface area contributed by atoms with Gasteiger partial charge in [0.25, 0.3) is 11.3 Å². The van der Waals surface area contributed by atoms with Crippen LogP contribution < -0.4 is 10.5 Å². The van der Waals surface area contributed by atoms with Gasteiger partial charge in [0.1, 0.15) is 5.82 Å². The van der Waals surface area contributed by atoms with E-state index in [1.54, 1.807) is 30.3 Å². The predicted molar refractivity (Wildman–Crippen MR) is 118 cm³/mol. The average Bonchev–Trinajstić information content (AvgIpc) is 3.20. The van der Waals surface area contributed by atoms with Crippen LogP contribution in [0.1, 0.15) is 5.69 Å². The molecule has 1 N–H and O–H groups in total. The molecule has 1 aliphatic heterocycles. The Labute approximate surface area is 182 Å². The summed E-state index contributed by atoms with van der Waals surface area (Å²) in [4.78, 5) is 26.1. The van der Waals surface area contributed by atoms with Gasteiger partial charge in [-0.3, -0.25) is 14.8 Å². The topological polar surface area (TPSA) is 69.5 Å². The molecule has 1 aliphatic rings. The number of anilines is 1. The van der Waals surface area contributed by atoms with Crippen molar-refractivity contribution in [1.29, 1.82) is 0 Å². The molecule has 0 saturated carbocycles. The number of nitrogens with zero attached hydrogens (tertiary/aromatic N) is 5. The molecule has 0 atom stereocenters. The molecule has 1 saturated heterocycles. The van der Waals surface area contributed by atoms with Crippen molar-refractivity contribution in [2.75, 3.05) is 31.1 Å². The largest absolute Gasteiger partial charge is 0.369 e. The Bertz CT molecular complexity index is 1260. The molecule has 9 heteroatoms. The van der Waals surface area contributed by atoms with E-state index < -0.39 is 0 Å². The molecular weight excluding hydrogens is 419 g/mol. The van der Waals surface area contributed by atoms with Crippen molar-refractivity contribution in [2.24, 2.45) is 0 Å². The molecule has 7 nitrogen and oxygen atoms in total. The standard InChI is InChI=1S/C22H20ClFN6O/c23-16-3-1-15(2-4-16)21-26-22-25-18(13-20(31)30(22)27-21)14-28-9-11-29(12-10-28)19-7-5-17(24)6-8-19/h1-8,13H,9-12,14H2,(H,25,26,27). The highest BCUT2D eigenvalue weighted by Gasteiger charge is 2.19. The number of rotatable bonds is 4. The quantitative estimate of drug-likeness (QED) is 0.530. The van der Waals surface area contributed by atoms with Gasteiger partial charge in [0.2, 0.25) is 0 Å². The fourth-order valence-corrected chi connectivity index (χ4v) is 3.92. The minimum atomic E-state index is -0.229. The minimum Gasteiger partial charge on any atom is -0.369 e. The van der Waals surface area contributed by atoms with Gasteiger partial charge >= 0.3 is 0 Å². The number of piperazine rings is 1. The summed E-state index contributed by atoms with van der Waals surface area (Å²) in [6.45, 7) is 3.89. The molecule has 0 spiro atoms. The van der Waals surface area contributed by atoms with E-state index >= 15 is 0 Å². The molecule has 0 aliphatic carbocycles. The van der Waals surface area contributed by atoms with Gasteiger partial charge in [-0.2, -0.15) is 9.50 Å². The Hall–Kier alpha value is -3.23. The molecule has 5 rings (SSSR count). The van der Waals surface area contributed by atoms with Crippen molar-refractivity contribution in [3.8, 4) is 11.4 Å². The number of nitrogens with one attached hydrogen (secondary N) is 1. The van der Waals surface area contributed by atoms with E-state index in [0.29, 0.717) is 28.9 Å². The van der Waals surface area contributed by atoms with E-state index in [1.165, 1.54) is 16.6 Å². The Morgan fingerprint density at radius 1 is 0.968 bits per heavy atom. The molecule has 2 aromatic carbocycles. The van der Waals surface area contributed by atoms with Crippen LogP contribution in [0.2, 0.25) is 5.02 Å². The van der Waals surface area contributed by atoms with E-state index in [2.05, 4.69) is 24.9 Å². The zero-order valence-electron chi connectivity index (χ0n) is 16.6. The third-order valence-corrected chi connectivity index (χ3v) is 5.70. The molecule has 0 amide bonds. The Morgan fingerprint density at radius 2 is 1.68 bits per heavy atom. The highest BCUT2D eigenvalue weighted by Crippen LogP contribution is 2.19. The molecule has 0 unspecified atom stereocenters. The summed E-state index contributed by atoms with van der Waals surface area (Å²) < 4.78 is 14.5. The summed E-state index contributed by atoms with van der Waals surface area (Å²) in [6, 6.07) is 15.3. The zero-order chi connectivity index (χ0) is 21.4. The first-order valence-electron chi connectivity index (χ1n) is 10.0. The van der Waals surface area contributed by atoms with Gasteiger partial charge in [0, 0.05) is 55.1 Å². The van der Waals surface area contributed by atoms with Crippen LogP contribution in [-0.2, 0) is 6.54 Å². The minimum absolute atomic E-state index is 0.197. The molecule has 1 fully saturated rings. The lowest BCUT2D eigenvalue weighted by Crippen LogP contribution is -2.46. The van der Waals surface area contributed by atoms with Crippen LogP contribution in [0.5, 0.6) is 0 Å². The van der Waals surface area contributed by atoms with Crippen LogP contribution in [-0.4, -0.2) is 50.7 Å². The number of hydrogen-bond donors (Lipinski definition) is 1. The average molecular weight is 439 g/mol. The second-order valence-corrected chi connectivity index (χ2v) is 7.98. The molecule has 2 aromatic heterocycles. The number of aromatic nitrogens is 4. The smallest absolute Gasteiger partial charge is 0.274 e. The first-order valence-corrected chi connectivity index (χ1v) is 10.4. The monoisotopic (exact) mass is 438 g/mol. The molecule has 31 heavy (non-hydrogen) atoms. The van der Waals surface area contributed by atoms with Crippen LogP contribution in [0.25, 0.3) is 17.2 Å². The van der Waals surface area contributed by atoms with Crippen LogP contribution in [0.3, 0.4) is 0 Å². The van der Waals surface area contributed by atoms with Gasteiger partial charge in [0.15, 0.2) is 5.82 Å². The van der Waals surface area contributed by atoms with Crippen LogP contribution >= 0.6 is 11.6 Å². The SMILES string of the molecule is O=c1cc(CN2CCN(c3ccc(F)cc3)CC2)nc2nc(-c3ccc(Cl)cc3)[nH]n12. The normalized spacial score (nSPS) is 15.0. The van der Waals surface area contributed by atoms with E-state index in [1.807, 2.05) is 12.1 Å². The number of halogens is 2. The molecule has 0 bridgehead atoms. The van der Waals surface area contributed by atoms with Crippen LogP contribution in [0, 0.1) is 5.82 Å². The molecule has 158 valence electrons. The lowest BCUT2D eigenvalue weighted by molar-refractivity contribution is 0.247. The number of fused-ring (bicyclic) bond motifs is 1. The van der Waals surface area contributed by atoms with Gasteiger partial charge in [-0.1, -0.05) is 11.6 Å². The Balaban J connectivity index is 1.30. The lowest BCUT2D eigenvalue weighted by Gasteiger charge is -2.35. The van der Waals surface area contributed by atoms with Crippen molar-refractivity contribution < 1.29 is 4.39 Å². The first kappa shape index (κ1) is 19.7. The van der Waals surface area contributed by atoms with Gasteiger partial charge in [-0.05, 0) is 48.5 Å². The van der Waals surface area contributed by atoms with Gasteiger partial charge in [-0.15, -0.1) is 0 Å².